The highest BCUT2D eigenvalue weighted by atomic mass is 35.5. The third-order valence-electron chi connectivity index (χ3n) is 3.72. The first kappa shape index (κ1) is 17.9. The third-order valence-corrected chi connectivity index (χ3v) is 4.15. The first-order chi connectivity index (χ1) is 11.8. The largest absolute Gasteiger partial charge is 0.478 e. The number of pyridine rings is 1. The zero-order chi connectivity index (χ0) is 18.2. The quantitative estimate of drug-likeness (QED) is 0.724. The maximum Gasteiger partial charge on any atom is 0.282 e. The Bertz CT molecular complexity index is 822. The Balaban J connectivity index is 2.01. The summed E-state index contributed by atoms with van der Waals surface area (Å²) in [5, 5.41) is 0.536. The van der Waals surface area contributed by atoms with Gasteiger partial charge in [0, 0.05) is 16.7 Å². The van der Waals surface area contributed by atoms with Gasteiger partial charge in [-0.2, -0.15) is 0 Å². The molecule has 2 heterocycles. The van der Waals surface area contributed by atoms with E-state index in [1.165, 1.54) is 6.07 Å². The molecule has 1 amide bonds. The second-order valence-corrected chi connectivity index (χ2v) is 6.48. The smallest absolute Gasteiger partial charge is 0.282 e. The van der Waals surface area contributed by atoms with Crippen LogP contribution in [0.15, 0.2) is 30.3 Å². The zero-order valence-corrected chi connectivity index (χ0v) is 14.7. The molecule has 0 spiro atoms. The molecule has 0 aliphatic carbocycles. The molecule has 3 rings (SSSR count). The van der Waals surface area contributed by atoms with Crippen LogP contribution >= 0.6 is 23.2 Å². The van der Waals surface area contributed by atoms with Crippen LogP contribution in [0.2, 0.25) is 10.2 Å². The van der Waals surface area contributed by atoms with Crippen LogP contribution in [-0.4, -0.2) is 41.4 Å². The van der Waals surface area contributed by atoms with Crippen molar-refractivity contribution < 1.29 is 18.3 Å². The van der Waals surface area contributed by atoms with Crippen molar-refractivity contribution in [1.82, 2.24) is 9.88 Å². The van der Waals surface area contributed by atoms with Gasteiger partial charge in [-0.3, -0.25) is 4.79 Å². The number of carbonyl (C=O) groups excluding carboxylic acids is 1. The Morgan fingerprint density at radius 1 is 1.28 bits per heavy atom. The summed E-state index contributed by atoms with van der Waals surface area (Å²) >= 11 is 12.0. The summed E-state index contributed by atoms with van der Waals surface area (Å²) < 4.78 is 31.6. The molecule has 0 unspecified atom stereocenters. The first-order valence-electron chi connectivity index (χ1n) is 7.56. The van der Waals surface area contributed by atoms with E-state index < -0.39 is 24.9 Å². The van der Waals surface area contributed by atoms with Crippen molar-refractivity contribution in [3.63, 3.8) is 0 Å². The molecule has 0 saturated carbocycles. The average Bonchev–Trinajstić information content (AvgIpc) is 2.51. The number of hydrogen-bond acceptors (Lipinski definition) is 3. The average molecular weight is 387 g/mol. The van der Waals surface area contributed by atoms with Crippen molar-refractivity contribution in [1.29, 1.82) is 0 Å². The van der Waals surface area contributed by atoms with Gasteiger partial charge in [0.2, 0.25) is 5.88 Å². The fourth-order valence-corrected chi connectivity index (χ4v) is 2.99. The molecule has 1 aliphatic rings. The molecular formula is C17H14Cl2F2N2O2. The zero-order valence-electron chi connectivity index (χ0n) is 13.2. The second kappa shape index (κ2) is 6.77. The predicted octanol–water partition coefficient (Wildman–Crippen LogP) is 4.55. The minimum atomic E-state index is -2.84. The Labute approximate surface area is 153 Å². The fraction of sp³-hybridized carbons (Fsp3) is 0.294. The van der Waals surface area contributed by atoms with Crippen LogP contribution in [0.1, 0.15) is 17.3 Å². The van der Waals surface area contributed by atoms with Crippen molar-refractivity contribution in [3.8, 4) is 17.0 Å². The molecule has 0 atom stereocenters. The van der Waals surface area contributed by atoms with Gasteiger partial charge in [0.1, 0.15) is 5.15 Å². The lowest BCUT2D eigenvalue weighted by molar-refractivity contribution is -0.113. The lowest BCUT2D eigenvalue weighted by atomic mass is 9.98. The van der Waals surface area contributed by atoms with E-state index in [1.807, 2.05) is 6.92 Å². The molecule has 1 aliphatic heterocycles. The molecule has 2 aromatic rings. The molecule has 25 heavy (non-hydrogen) atoms. The number of nitrogens with zero attached hydrogens (tertiary/aromatic N) is 2. The van der Waals surface area contributed by atoms with Crippen LogP contribution in [0.3, 0.4) is 0 Å². The van der Waals surface area contributed by atoms with E-state index in [0.717, 1.165) is 4.90 Å². The molecule has 0 bridgehead atoms. The molecule has 1 fully saturated rings. The van der Waals surface area contributed by atoms with Crippen LogP contribution in [0, 0.1) is 0 Å². The normalized spacial score (nSPS) is 15.6. The van der Waals surface area contributed by atoms with Gasteiger partial charge in [-0.25, -0.2) is 13.8 Å². The standard InChI is InChI=1S/C17H14Cl2F2N2O2/c1-2-25-15-6-10(5-14(19)22-15)12-4-3-11(18)7-13(12)16(24)23-8-17(20,21)9-23/h3-7H,2,8-9H2,1H3. The van der Waals surface area contributed by atoms with Gasteiger partial charge in [0.05, 0.1) is 19.7 Å². The number of alkyl halides is 2. The SMILES string of the molecule is CCOc1cc(-c2ccc(Cl)cc2C(=O)N2CC(F)(F)C2)cc(Cl)n1. The summed E-state index contributed by atoms with van der Waals surface area (Å²) in [5.74, 6) is -3.03. The van der Waals surface area contributed by atoms with Crippen molar-refractivity contribution in [2.24, 2.45) is 0 Å². The maximum atomic E-state index is 13.1. The van der Waals surface area contributed by atoms with Crippen LogP contribution < -0.4 is 4.74 Å². The summed E-state index contributed by atoms with van der Waals surface area (Å²) in [6.45, 7) is 1.02. The van der Waals surface area contributed by atoms with Gasteiger partial charge in [-0.15, -0.1) is 0 Å². The number of halogens is 4. The Morgan fingerprint density at radius 2 is 2.00 bits per heavy atom. The van der Waals surface area contributed by atoms with Crippen LogP contribution in [-0.2, 0) is 0 Å². The van der Waals surface area contributed by atoms with Gasteiger partial charge < -0.3 is 9.64 Å². The van der Waals surface area contributed by atoms with E-state index in [2.05, 4.69) is 4.98 Å². The molecule has 8 heteroatoms. The maximum absolute atomic E-state index is 13.1. The van der Waals surface area contributed by atoms with E-state index in [1.54, 1.807) is 24.3 Å². The molecule has 1 aromatic heterocycles. The number of amides is 1. The number of carbonyl (C=O) groups is 1. The monoisotopic (exact) mass is 386 g/mol. The Hall–Kier alpha value is -1.92. The summed E-state index contributed by atoms with van der Waals surface area (Å²) in [4.78, 5) is 17.7. The summed E-state index contributed by atoms with van der Waals surface area (Å²) in [6, 6.07) is 7.95. The number of aromatic nitrogens is 1. The number of rotatable bonds is 4. The molecule has 1 saturated heterocycles. The summed E-state index contributed by atoms with van der Waals surface area (Å²) in [6.07, 6.45) is 0. The van der Waals surface area contributed by atoms with Crippen molar-refractivity contribution >= 4 is 29.1 Å². The highest BCUT2D eigenvalue weighted by Crippen LogP contribution is 2.34. The number of ether oxygens (including phenoxy) is 1. The topological polar surface area (TPSA) is 42.4 Å². The third kappa shape index (κ3) is 3.85. The Kier molecular flexibility index (Phi) is 4.84. The second-order valence-electron chi connectivity index (χ2n) is 5.66. The minimum absolute atomic E-state index is 0.199. The van der Waals surface area contributed by atoms with Crippen LogP contribution in [0.4, 0.5) is 8.78 Å². The van der Waals surface area contributed by atoms with Crippen LogP contribution in [0.5, 0.6) is 5.88 Å². The van der Waals surface area contributed by atoms with Gasteiger partial charge >= 0.3 is 0 Å². The highest BCUT2D eigenvalue weighted by molar-refractivity contribution is 6.31. The van der Waals surface area contributed by atoms with E-state index in [4.69, 9.17) is 27.9 Å². The molecule has 1 aromatic carbocycles. The van der Waals surface area contributed by atoms with Crippen molar-refractivity contribution in [2.75, 3.05) is 19.7 Å². The fourth-order valence-electron chi connectivity index (χ4n) is 2.62. The summed E-state index contributed by atoms with van der Waals surface area (Å²) in [7, 11) is 0. The number of benzene rings is 1. The Morgan fingerprint density at radius 3 is 2.64 bits per heavy atom. The first-order valence-corrected chi connectivity index (χ1v) is 8.32. The van der Waals surface area contributed by atoms with Crippen molar-refractivity contribution in [2.45, 2.75) is 12.8 Å². The van der Waals surface area contributed by atoms with Crippen molar-refractivity contribution in [3.05, 3.63) is 46.1 Å². The lowest BCUT2D eigenvalue weighted by Gasteiger charge is -2.39. The van der Waals surface area contributed by atoms with Gasteiger partial charge in [-0.1, -0.05) is 29.3 Å². The van der Waals surface area contributed by atoms with Gasteiger partial charge in [-0.05, 0) is 36.2 Å². The van der Waals surface area contributed by atoms with Crippen LogP contribution in [0.25, 0.3) is 11.1 Å². The predicted molar refractivity (Wildman–Crippen MR) is 91.7 cm³/mol. The van der Waals surface area contributed by atoms with E-state index >= 15 is 0 Å². The van der Waals surface area contributed by atoms with E-state index in [0.29, 0.717) is 28.6 Å². The lowest BCUT2D eigenvalue weighted by Crippen LogP contribution is -2.58. The molecule has 0 radical (unpaired) electrons. The molecule has 4 nitrogen and oxygen atoms in total. The number of hydrogen-bond donors (Lipinski definition) is 0. The van der Waals surface area contributed by atoms with Gasteiger partial charge in [0.25, 0.3) is 11.8 Å². The summed E-state index contributed by atoms with van der Waals surface area (Å²) in [5.41, 5.74) is 1.35. The van der Waals surface area contributed by atoms with E-state index in [9.17, 15) is 13.6 Å². The minimum Gasteiger partial charge on any atom is -0.478 e. The molecule has 0 N–H and O–H groups in total. The number of likely N-dealkylation sites (tertiary alicyclic amines) is 1. The van der Waals surface area contributed by atoms with E-state index in [-0.39, 0.29) is 10.7 Å². The van der Waals surface area contributed by atoms with Gasteiger partial charge in [0.15, 0.2) is 0 Å². The highest BCUT2D eigenvalue weighted by Gasteiger charge is 2.46. The molecule has 132 valence electrons. The molecular weight excluding hydrogens is 373 g/mol.